The van der Waals surface area contributed by atoms with Gasteiger partial charge in [0.05, 0.1) is 0 Å². The van der Waals surface area contributed by atoms with Gasteiger partial charge in [-0.25, -0.2) is 0 Å². The van der Waals surface area contributed by atoms with Gasteiger partial charge in [-0.3, -0.25) is 4.79 Å². The van der Waals surface area contributed by atoms with Crippen LogP contribution in [0.15, 0.2) is 0 Å². The monoisotopic (exact) mass is 231 g/mol. The van der Waals surface area contributed by atoms with Crippen molar-refractivity contribution in [2.24, 2.45) is 5.41 Å². The number of aliphatic carboxylic acids is 1. The number of carboxylic acid groups (broad SMARTS) is 1. The van der Waals surface area contributed by atoms with Crippen molar-refractivity contribution in [3.8, 4) is 0 Å². The van der Waals surface area contributed by atoms with Crippen molar-refractivity contribution in [3.05, 3.63) is 0 Å². The van der Waals surface area contributed by atoms with Crippen molar-refractivity contribution in [2.75, 3.05) is 26.8 Å². The van der Waals surface area contributed by atoms with Crippen LogP contribution in [-0.4, -0.2) is 37.9 Å². The van der Waals surface area contributed by atoms with Gasteiger partial charge in [-0.2, -0.15) is 0 Å². The summed E-state index contributed by atoms with van der Waals surface area (Å²) >= 11 is 0. The molecule has 0 unspecified atom stereocenters. The van der Waals surface area contributed by atoms with E-state index < -0.39 is 5.97 Å². The highest BCUT2D eigenvalue weighted by Crippen LogP contribution is 2.25. The second-order valence-electron chi connectivity index (χ2n) is 4.90. The van der Waals surface area contributed by atoms with E-state index in [0.717, 1.165) is 39.0 Å². The van der Waals surface area contributed by atoms with Crippen molar-refractivity contribution < 1.29 is 14.6 Å². The van der Waals surface area contributed by atoms with Gasteiger partial charge in [-0.05, 0) is 37.8 Å². The molecule has 0 aromatic heterocycles. The Morgan fingerprint density at radius 1 is 1.31 bits per heavy atom. The summed E-state index contributed by atoms with van der Waals surface area (Å²) in [6.07, 6.45) is 3.03. The number of nitrogens with one attached hydrogen (secondary N) is 1. The summed E-state index contributed by atoms with van der Waals surface area (Å²) in [6, 6.07) is 0. The van der Waals surface area contributed by atoms with E-state index in [1.165, 1.54) is 0 Å². The van der Waals surface area contributed by atoms with Crippen LogP contribution in [0.1, 0.15) is 39.5 Å². The molecule has 4 nitrogen and oxygen atoms in total. The molecular formula is C12H25NO3. The number of ether oxygens (including phenoxy) is 1. The maximum absolute atomic E-state index is 10.5. The fourth-order valence-corrected chi connectivity index (χ4v) is 1.46. The van der Waals surface area contributed by atoms with Gasteiger partial charge in [0.1, 0.15) is 0 Å². The van der Waals surface area contributed by atoms with Gasteiger partial charge in [0.25, 0.3) is 0 Å². The number of hydrogen-bond acceptors (Lipinski definition) is 3. The number of rotatable bonds is 10. The first-order valence-electron chi connectivity index (χ1n) is 5.89. The minimum Gasteiger partial charge on any atom is -0.481 e. The number of methoxy groups -OCH3 is 1. The molecule has 0 heterocycles. The Hall–Kier alpha value is -0.610. The summed E-state index contributed by atoms with van der Waals surface area (Å²) in [5.41, 5.74) is 0.104. The molecule has 0 radical (unpaired) electrons. The first-order chi connectivity index (χ1) is 7.48. The standard InChI is InChI=1S/C12H25NO3/c1-12(2,6-5-11(14)15)7-9-13-8-4-10-16-3/h13H,4-10H2,1-3H3,(H,14,15). The van der Waals surface area contributed by atoms with E-state index in [9.17, 15) is 4.79 Å². The fourth-order valence-electron chi connectivity index (χ4n) is 1.46. The van der Waals surface area contributed by atoms with Crippen LogP contribution >= 0.6 is 0 Å². The van der Waals surface area contributed by atoms with Gasteiger partial charge in [0.15, 0.2) is 0 Å². The summed E-state index contributed by atoms with van der Waals surface area (Å²) < 4.78 is 4.95. The number of carbonyl (C=O) groups is 1. The van der Waals surface area contributed by atoms with E-state index in [-0.39, 0.29) is 11.8 Å². The van der Waals surface area contributed by atoms with Crippen LogP contribution in [0.5, 0.6) is 0 Å². The van der Waals surface area contributed by atoms with E-state index in [2.05, 4.69) is 19.2 Å². The highest BCUT2D eigenvalue weighted by molar-refractivity contribution is 5.66. The Morgan fingerprint density at radius 2 is 2.00 bits per heavy atom. The average Bonchev–Trinajstić information content (AvgIpc) is 2.21. The summed E-state index contributed by atoms with van der Waals surface area (Å²) in [5.74, 6) is -0.707. The molecule has 0 rings (SSSR count). The predicted octanol–water partition coefficient (Wildman–Crippen LogP) is 1.89. The molecule has 0 atom stereocenters. The zero-order chi connectivity index (χ0) is 12.4. The zero-order valence-corrected chi connectivity index (χ0v) is 10.7. The van der Waals surface area contributed by atoms with Gasteiger partial charge >= 0.3 is 5.97 Å². The van der Waals surface area contributed by atoms with Gasteiger partial charge in [0, 0.05) is 20.1 Å². The van der Waals surface area contributed by atoms with Crippen LogP contribution in [-0.2, 0) is 9.53 Å². The average molecular weight is 231 g/mol. The van der Waals surface area contributed by atoms with Crippen molar-refractivity contribution in [1.29, 1.82) is 0 Å². The van der Waals surface area contributed by atoms with E-state index in [1.807, 2.05) is 0 Å². The third kappa shape index (κ3) is 9.93. The number of hydrogen-bond donors (Lipinski definition) is 2. The summed E-state index contributed by atoms with van der Waals surface area (Å²) in [5, 5.41) is 12.0. The molecule has 0 aliphatic rings. The first kappa shape index (κ1) is 15.4. The summed E-state index contributed by atoms with van der Waals surface area (Å²) in [4.78, 5) is 10.5. The predicted molar refractivity (Wildman–Crippen MR) is 64.6 cm³/mol. The minimum atomic E-state index is -0.707. The molecule has 0 fully saturated rings. The zero-order valence-electron chi connectivity index (χ0n) is 10.7. The van der Waals surface area contributed by atoms with Gasteiger partial charge in [-0.15, -0.1) is 0 Å². The Kier molecular flexibility index (Phi) is 8.21. The van der Waals surface area contributed by atoms with E-state index in [1.54, 1.807) is 7.11 Å². The number of carboxylic acids is 1. The smallest absolute Gasteiger partial charge is 0.303 e. The van der Waals surface area contributed by atoms with Gasteiger partial charge in [-0.1, -0.05) is 13.8 Å². The third-order valence-corrected chi connectivity index (χ3v) is 2.70. The van der Waals surface area contributed by atoms with Crippen molar-refractivity contribution in [1.82, 2.24) is 5.32 Å². The molecule has 0 aliphatic carbocycles. The molecule has 0 aromatic rings. The van der Waals surface area contributed by atoms with Gasteiger partial charge in [0.2, 0.25) is 0 Å². The molecule has 4 heteroatoms. The Morgan fingerprint density at radius 3 is 2.56 bits per heavy atom. The van der Waals surface area contributed by atoms with Crippen LogP contribution in [0.4, 0.5) is 0 Å². The Balaban J connectivity index is 3.46. The molecule has 0 saturated carbocycles. The van der Waals surface area contributed by atoms with Crippen molar-refractivity contribution in [3.63, 3.8) is 0 Å². The fraction of sp³-hybridized carbons (Fsp3) is 0.917. The van der Waals surface area contributed by atoms with Crippen LogP contribution in [0.25, 0.3) is 0 Å². The van der Waals surface area contributed by atoms with E-state index >= 15 is 0 Å². The summed E-state index contributed by atoms with van der Waals surface area (Å²) in [7, 11) is 1.70. The highest BCUT2D eigenvalue weighted by atomic mass is 16.5. The van der Waals surface area contributed by atoms with Crippen LogP contribution in [0, 0.1) is 5.41 Å². The lowest BCUT2D eigenvalue weighted by Crippen LogP contribution is -2.24. The lowest BCUT2D eigenvalue weighted by Gasteiger charge is -2.23. The van der Waals surface area contributed by atoms with Crippen LogP contribution in [0.2, 0.25) is 0 Å². The maximum atomic E-state index is 10.5. The van der Waals surface area contributed by atoms with Crippen LogP contribution in [0.3, 0.4) is 0 Å². The third-order valence-electron chi connectivity index (χ3n) is 2.70. The molecule has 0 bridgehead atoms. The molecule has 0 spiro atoms. The molecule has 16 heavy (non-hydrogen) atoms. The lowest BCUT2D eigenvalue weighted by molar-refractivity contribution is -0.137. The van der Waals surface area contributed by atoms with E-state index in [0.29, 0.717) is 0 Å². The topological polar surface area (TPSA) is 58.6 Å². The molecule has 0 saturated heterocycles. The van der Waals surface area contributed by atoms with Crippen molar-refractivity contribution >= 4 is 5.97 Å². The first-order valence-corrected chi connectivity index (χ1v) is 5.89. The lowest BCUT2D eigenvalue weighted by atomic mass is 9.84. The highest BCUT2D eigenvalue weighted by Gasteiger charge is 2.18. The molecule has 0 aromatic carbocycles. The van der Waals surface area contributed by atoms with Gasteiger partial charge < -0.3 is 15.2 Å². The van der Waals surface area contributed by atoms with Crippen molar-refractivity contribution in [2.45, 2.75) is 39.5 Å². The second kappa shape index (κ2) is 8.53. The normalized spacial score (nSPS) is 11.7. The SMILES string of the molecule is COCCCNCCC(C)(C)CCC(=O)O. The summed E-state index contributed by atoms with van der Waals surface area (Å²) in [6.45, 7) is 6.92. The molecule has 0 aliphatic heterocycles. The molecule has 0 amide bonds. The molecule has 2 N–H and O–H groups in total. The quantitative estimate of drug-likeness (QED) is 0.564. The Labute approximate surface area is 98.4 Å². The van der Waals surface area contributed by atoms with Crippen LogP contribution < -0.4 is 5.32 Å². The Bertz CT molecular complexity index is 193. The second-order valence-corrected chi connectivity index (χ2v) is 4.90. The largest absolute Gasteiger partial charge is 0.481 e. The minimum absolute atomic E-state index is 0.104. The molecular weight excluding hydrogens is 206 g/mol. The van der Waals surface area contributed by atoms with E-state index in [4.69, 9.17) is 9.84 Å². The maximum Gasteiger partial charge on any atom is 0.303 e. The molecule has 96 valence electrons.